The van der Waals surface area contributed by atoms with Crippen LogP contribution < -0.4 is 10.6 Å². The highest BCUT2D eigenvalue weighted by molar-refractivity contribution is 6.09. The van der Waals surface area contributed by atoms with E-state index in [1.54, 1.807) is 0 Å². The predicted molar refractivity (Wildman–Crippen MR) is 118 cm³/mol. The van der Waals surface area contributed by atoms with E-state index in [0.717, 1.165) is 30.9 Å². The maximum absolute atomic E-state index is 5.07. The lowest BCUT2D eigenvalue weighted by molar-refractivity contribution is 0.403. The third-order valence-electron chi connectivity index (χ3n) is 5.84. The fraction of sp³-hybridized carbons (Fsp3) is 0.458. The summed E-state index contributed by atoms with van der Waals surface area (Å²) in [5, 5.41) is 7.48. The van der Waals surface area contributed by atoms with Crippen LogP contribution in [0.5, 0.6) is 0 Å². The Morgan fingerprint density at radius 2 is 1.59 bits per heavy atom. The van der Waals surface area contributed by atoms with Gasteiger partial charge in [0.05, 0.1) is 23.5 Å². The number of nitrogens with zero attached hydrogens (tertiary/aromatic N) is 1. The van der Waals surface area contributed by atoms with Crippen molar-refractivity contribution in [3.63, 3.8) is 0 Å². The zero-order chi connectivity index (χ0) is 19.3. The summed E-state index contributed by atoms with van der Waals surface area (Å²) in [5.41, 5.74) is 6.33. The van der Waals surface area contributed by atoms with Crippen LogP contribution in [0.3, 0.4) is 0 Å². The van der Waals surface area contributed by atoms with E-state index < -0.39 is 0 Å². The smallest absolute Gasteiger partial charge is 0.127 e. The Hall–Kier alpha value is -2.29. The number of fused-ring (bicyclic) bond motifs is 1. The number of nitrogens with one attached hydrogen (secondary N) is 2. The minimum atomic E-state index is -0.0235. The first kappa shape index (κ1) is 19.5. The molecular weight excluding hydrogens is 330 g/mol. The first-order valence-corrected chi connectivity index (χ1v) is 10.4. The summed E-state index contributed by atoms with van der Waals surface area (Å²) in [6.45, 7) is 9.11. The van der Waals surface area contributed by atoms with Crippen molar-refractivity contribution >= 4 is 17.2 Å². The molecule has 0 aromatic heterocycles. The van der Waals surface area contributed by atoms with Gasteiger partial charge in [-0.1, -0.05) is 63.4 Å². The summed E-state index contributed by atoms with van der Waals surface area (Å²) in [7, 11) is 0. The molecule has 2 aromatic carbocycles. The van der Waals surface area contributed by atoms with E-state index >= 15 is 0 Å². The summed E-state index contributed by atoms with van der Waals surface area (Å²) in [6.07, 6.45) is 6.16. The Balaban J connectivity index is 0.00000102. The van der Waals surface area contributed by atoms with Gasteiger partial charge >= 0.3 is 0 Å². The number of amidine groups is 1. The zero-order valence-electron chi connectivity index (χ0n) is 17.2. The molecule has 2 aromatic rings. The first-order valence-electron chi connectivity index (χ1n) is 10.4. The average molecular weight is 364 g/mol. The van der Waals surface area contributed by atoms with Gasteiger partial charge < -0.3 is 10.6 Å². The highest BCUT2D eigenvalue weighted by Gasteiger charge is 2.40. The standard InChI is InChI=1S/C22H27N3.C2H6/c1-16-9-8-10-18(17(16)2)15-23-21-22(13-6-3-7-14-22)25-20-12-5-4-11-19(20)24-21;1-2/h4-5,8-12,25H,3,6-7,13-15H2,1-2H3,(H,23,24);1-2H3. The predicted octanol–water partition coefficient (Wildman–Crippen LogP) is 6.47. The number of para-hydroxylation sites is 2. The Bertz CT molecular complexity index is 801. The normalized spacial score (nSPS) is 18.7. The fourth-order valence-corrected chi connectivity index (χ4v) is 4.12. The fourth-order valence-electron chi connectivity index (χ4n) is 4.12. The lowest BCUT2D eigenvalue weighted by atomic mass is 9.79. The van der Waals surface area contributed by atoms with Gasteiger partial charge in [-0.25, -0.2) is 0 Å². The van der Waals surface area contributed by atoms with Crippen LogP contribution >= 0.6 is 0 Å². The van der Waals surface area contributed by atoms with Gasteiger partial charge in [0.25, 0.3) is 0 Å². The molecule has 2 aliphatic rings. The van der Waals surface area contributed by atoms with Gasteiger partial charge in [-0.3, -0.25) is 4.99 Å². The summed E-state index contributed by atoms with van der Waals surface area (Å²) < 4.78 is 0. The van der Waals surface area contributed by atoms with Crippen molar-refractivity contribution in [3.05, 3.63) is 59.2 Å². The largest absolute Gasteiger partial charge is 0.371 e. The van der Waals surface area contributed by atoms with Crippen LogP contribution in [0.1, 0.15) is 62.6 Å². The molecule has 0 amide bonds. The number of rotatable bonds is 2. The van der Waals surface area contributed by atoms with E-state index in [1.165, 1.54) is 41.6 Å². The van der Waals surface area contributed by atoms with Crippen LogP contribution in [0.15, 0.2) is 47.5 Å². The number of benzene rings is 2. The van der Waals surface area contributed by atoms with Crippen molar-refractivity contribution in [3.8, 4) is 0 Å². The Morgan fingerprint density at radius 1 is 0.889 bits per heavy atom. The second-order valence-corrected chi connectivity index (χ2v) is 7.46. The quantitative estimate of drug-likeness (QED) is 0.641. The number of hydrogen-bond donors (Lipinski definition) is 2. The molecule has 1 heterocycles. The minimum absolute atomic E-state index is 0.0235. The van der Waals surface area contributed by atoms with E-state index in [2.05, 4.69) is 66.9 Å². The monoisotopic (exact) mass is 363 g/mol. The van der Waals surface area contributed by atoms with E-state index in [0.29, 0.717) is 0 Å². The van der Waals surface area contributed by atoms with Gasteiger partial charge in [0.15, 0.2) is 0 Å². The molecule has 1 fully saturated rings. The molecule has 0 unspecified atom stereocenters. The van der Waals surface area contributed by atoms with Crippen molar-refractivity contribution in [2.24, 2.45) is 4.99 Å². The topological polar surface area (TPSA) is 36.4 Å². The molecular formula is C24H33N3. The lowest BCUT2D eigenvalue weighted by Gasteiger charge is -2.44. The van der Waals surface area contributed by atoms with Crippen LogP contribution in [0.2, 0.25) is 0 Å². The number of anilines is 2. The molecule has 0 radical (unpaired) electrons. The molecule has 0 atom stereocenters. The van der Waals surface area contributed by atoms with Crippen LogP contribution in [0, 0.1) is 13.8 Å². The van der Waals surface area contributed by atoms with Crippen LogP contribution in [-0.4, -0.2) is 11.4 Å². The van der Waals surface area contributed by atoms with Gasteiger partial charge in [-0.15, -0.1) is 0 Å². The highest BCUT2D eigenvalue weighted by Crippen LogP contribution is 2.39. The van der Waals surface area contributed by atoms with Crippen LogP contribution in [0.25, 0.3) is 0 Å². The van der Waals surface area contributed by atoms with Gasteiger partial charge in [0.1, 0.15) is 5.84 Å². The third-order valence-corrected chi connectivity index (χ3v) is 5.84. The van der Waals surface area contributed by atoms with Gasteiger partial charge in [0, 0.05) is 0 Å². The second kappa shape index (κ2) is 8.60. The molecule has 4 rings (SSSR count). The minimum Gasteiger partial charge on any atom is -0.371 e. The molecule has 144 valence electrons. The van der Waals surface area contributed by atoms with E-state index in [9.17, 15) is 0 Å². The maximum Gasteiger partial charge on any atom is 0.127 e. The molecule has 2 N–H and O–H groups in total. The molecule has 0 saturated heterocycles. The highest BCUT2D eigenvalue weighted by atomic mass is 15.2. The van der Waals surface area contributed by atoms with E-state index in [4.69, 9.17) is 4.99 Å². The SMILES string of the molecule is CC.Cc1cccc(CN=C2Nc3ccccc3NC23CCCCC3)c1C. The summed E-state index contributed by atoms with van der Waals surface area (Å²) in [6, 6.07) is 15.0. The third kappa shape index (κ3) is 4.02. The van der Waals surface area contributed by atoms with Crippen molar-refractivity contribution in [2.75, 3.05) is 10.6 Å². The maximum atomic E-state index is 5.07. The molecule has 1 aliphatic heterocycles. The van der Waals surface area contributed by atoms with Gasteiger partial charge in [-0.2, -0.15) is 0 Å². The van der Waals surface area contributed by atoms with E-state index in [-0.39, 0.29) is 5.54 Å². The van der Waals surface area contributed by atoms with Crippen molar-refractivity contribution in [2.45, 2.75) is 71.9 Å². The Morgan fingerprint density at radius 3 is 2.33 bits per heavy atom. The lowest BCUT2D eigenvalue weighted by Crippen LogP contribution is -2.53. The van der Waals surface area contributed by atoms with Gasteiger partial charge in [0.2, 0.25) is 0 Å². The molecule has 1 spiro atoms. The number of aryl methyl sites for hydroxylation is 1. The molecule has 27 heavy (non-hydrogen) atoms. The molecule has 1 aliphatic carbocycles. The summed E-state index contributed by atoms with van der Waals surface area (Å²) in [5.74, 6) is 1.12. The molecule has 3 nitrogen and oxygen atoms in total. The van der Waals surface area contributed by atoms with Crippen LogP contribution in [0.4, 0.5) is 11.4 Å². The van der Waals surface area contributed by atoms with Crippen molar-refractivity contribution in [1.29, 1.82) is 0 Å². The van der Waals surface area contributed by atoms with E-state index in [1.807, 2.05) is 13.8 Å². The number of hydrogen-bond acceptors (Lipinski definition) is 2. The Kier molecular flexibility index (Phi) is 6.20. The van der Waals surface area contributed by atoms with Gasteiger partial charge in [-0.05, 0) is 55.5 Å². The molecule has 0 bridgehead atoms. The average Bonchev–Trinajstić information content (AvgIpc) is 2.71. The Labute approximate surface area is 164 Å². The number of aliphatic imine (C=N–C) groups is 1. The van der Waals surface area contributed by atoms with Crippen molar-refractivity contribution < 1.29 is 0 Å². The second-order valence-electron chi connectivity index (χ2n) is 7.46. The first-order chi connectivity index (χ1) is 13.2. The zero-order valence-corrected chi connectivity index (χ0v) is 17.2. The van der Waals surface area contributed by atoms with Crippen LogP contribution in [-0.2, 0) is 6.54 Å². The summed E-state index contributed by atoms with van der Waals surface area (Å²) >= 11 is 0. The summed E-state index contributed by atoms with van der Waals surface area (Å²) in [4.78, 5) is 5.07. The molecule has 3 heteroatoms. The molecule has 1 saturated carbocycles. The van der Waals surface area contributed by atoms with Crippen molar-refractivity contribution in [1.82, 2.24) is 0 Å².